The van der Waals surface area contributed by atoms with E-state index >= 15 is 0 Å². The maximum Gasteiger partial charge on any atom is 0.314 e. The number of pyridine rings is 5. The molecule has 11 aromatic carbocycles. The summed E-state index contributed by atoms with van der Waals surface area (Å²) in [7, 11) is 10.7. The minimum atomic E-state index is 0.395. The molecule has 0 N–H and O–H groups in total. The molecule has 0 atom stereocenters. The van der Waals surface area contributed by atoms with E-state index in [1.807, 2.05) is 49.1 Å². The second-order valence-electron chi connectivity index (χ2n) is 41.1. The molecule has 0 bridgehead atoms. The molecule has 10 heterocycles. The smallest absolute Gasteiger partial charge is 0.255 e. The largest absolute Gasteiger partial charge is 0.314 e. The maximum absolute atomic E-state index is 5.21. The Hall–Kier alpha value is -15.5. The molecule has 0 radical (unpaired) electrons. The fraction of sp³-hybridized carbons (Fsp3) is 0.262. The Bertz CT molecular complexity index is 8260. The predicted octanol–water partition coefficient (Wildman–Crippen LogP) is 29.6. The summed E-state index contributed by atoms with van der Waals surface area (Å²) in [6.45, 7) is 49.2. The number of para-hydroxylation sites is 15. The van der Waals surface area contributed by atoms with Crippen molar-refractivity contribution in [2.24, 2.45) is 35.2 Å². The normalized spacial score (nSPS) is 11.6. The van der Waals surface area contributed by atoms with Crippen molar-refractivity contribution in [1.29, 1.82) is 0 Å². The van der Waals surface area contributed by atoms with E-state index in [4.69, 9.17) is 19.9 Å². The highest BCUT2D eigenvalue weighted by atomic mass is 15.2. The second kappa shape index (κ2) is 43.0. The minimum absolute atomic E-state index is 0.395. The Morgan fingerprint density at radius 1 is 0.207 bits per heavy atom. The van der Waals surface area contributed by atoms with Crippen molar-refractivity contribution in [1.82, 2.24) is 47.8 Å². The molecule has 0 aliphatic carbocycles. The van der Waals surface area contributed by atoms with Crippen LogP contribution in [0.15, 0.2) is 328 Å². The first-order chi connectivity index (χ1) is 69.8. The zero-order chi connectivity index (χ0) is 103. The van der Waals surface area contributed by atoms with Crippen LogP contribution in [-0.2, 0) is 35.2 Å². The summed E-state index contributed by atoms with van der Waals surface area (Å²) in [6, 6.07) is 106. The number of aryl methyl sites for hydroxylation is 13. The van der Waals surface area contributed by atoms with Gasteiger partial charge in [-0.2, -0.15) is 22.8 Å². The number of hydrogen-bond acceptors (Lipinski definition) is 5. The Kier molecular flexibility index (Phi) is 29.9. The van der Waals surface area contributed by atoms with Crippen LogP contribution in [0.3, 0.4) is 0 Å². The summed E-state index contributed by atoms with van der Waals surface area (Å²) in [5, 5.41) is 0. The topological polar surface area (TPSA) is 108 Å². The first-order valence-corrected chi connectivity index (χ1v) is 51.5. The molecule has 732 valence electrons. The van der Waals surface area contributed by atoms with Crippen molar-refractivity contribution in [2.75, 3.05) is 0 Å². The van der Waals surface area contributed by atoms with E-state index in [0.29, 0.717) is 41.4 Å². The summed E-state index contributed by atoms with van der Waals surface area (Å²) >= 11 is 0. The Morgan fingerprint density at radius 2 is 0.455 bits per heavy atom. The molecule has 15 heteroatoms. The van der Waals surface area contributed by atoms with Gasteiger partial charge < -0.3 is 0 Å². The van der Waals surface area contributed by atoms with Crippen molar-refractivity contribution in [3.63, 3.8) is 0 Å². The van der Waals surface area contributed by atoms with E-state index in [1.54, 1.807) is 0 Å². The molecule has 0 aliphatic rings. The molecule has 21 aromatic rings. The first kappa shape index (κ1) is 101. The molecule has 0 saturated heterocycles. The van der Waals surface area contributed by atoms with Gasteiger partial charge in [0.1, 0.15) is 28.4 Å². The number of rotatable bonds is 18. The predicted molar refractivity (Wildman–Crippen MR) is 600 cm³/mol. The molecule has 0 spiro atoms. The van der Waals surface area contributed by atoms with Crippen LogP contribution in [0, 0.1) is 55.4 Å². The van der Waals surface area contributed by atoms with Gasteiger partial charge in [0.05, 0.1) is 46.5 Å². The fourth-order valence-electron chi connectivity index (χ4n) is 21.4. The van der Waals surface area contributed by atoms with Crippen LogP contribution in [0.1, 0.15) is 222 Å². The third-order valence-corrected chi connectivity index (χ3v) is 28.9. The Balaban J connectivity index is 0.000000126. The van der Waals surface area contributed by atoms with Crippen LogP contribution in [0.2, 0.25) is 0 Å². The van der Waals surface area contributed by atoms with E-state index < -0.39 is 0 Å². The minimum Gasteiger partial charge on any atom is -0.255 e. The molecular formula is C130H142N15+5. The lowest BCUT2D eigenvalue weighted by Crippen LogP contribution is -2.31. The molecule has 15 nitrogen and oxygen atoms in total. The van der Waals surface area contributed by atoms with Crippen LogP contribution < -0.4 is 22.8 Å². The molecule has 0 saturated carbocycles. The summed E-state index contributed by atoms with van der Waals surface area (Å²) in [5.41, 5.74) is 45.1. The Morgan fingerprint density at radius 3 is 0.786 bits per heavy atom. The molecule has 0 unspecified atom stereocenters. The second-order valence-corrected chi connectivity index (χ2v) is 41.1. The molecular weight excluding hydrogens is 1770 g/mol. The third-order valence-electron chi connectivity index (χ3n) is 28.9. The Labute approximate surface area is 857 Å². The van der Waals surface area contributed by atoms with E-state index in [0.717, 1.165) is 57.3 Å². The molecule has 0 amide bonds. The van der Waals surface area contributed by atoms with Gasteiger partial charge in [-0.1, -0.05) is 291 Å². The van der Waals surface area contributed by atoms with Crippen molar-refractivity contribution in [2.45, 2.75) is 194 Å². The lowest BCUT2D eigenvalue weighted by molar-refractivity contribution is -0.634. The summed E-state index contributed by atoms with van der Waals surface area (Å²) < 4.78 is 23.3. The van der Waals surface area contributed by atoms with Gasteiger partial charge in [0, 0.05) is 64.4 Å². The molecule has 145 heavy (non-hydrogen) atoms. The van der Waals surface area contributed by atoms with Crippen LogP contribution in [0.4, 0.5) is 0 Å². The fourth-order valence-corrected chi connectivity index (χ4v) is 21.4. The summed E-state index contributed by atoms with van der Waals surface area (Å²) in [6.07, 6.45) is 9.61. The molecule has 10 aromatic heterocycles. The number of hydrogen-bond donors (Lipinski definition) is 0. The number of benzene rings is 11. The lowest BCUT2D eigenvalue weighted by Gasteiger charge is -2.20. The van der Waals surface area contributed by atoms with Crippen molar-refractivity contribution >= 4 is 55.2 Å². The standard InChI is InChI=1S/C38H46N3.C26H30N3.C23H24N3.C22H22N3.C21H20N3/c1-23(2)28-15-13-16-29(24(3)4)36(28)33-21-27(9)32(22-39-33)38-40(10)34-19-11-12-20-35(34)41(38)37-30(25(5)6)17-14-18-31(37)26(7)8;1-17(2)20-12-9-13-21(18(3)4)25(20)29-23-15-8-7-14-22(23)28(6)26(29)24-19(5)11-10-16-27-24;1-16(2)18-11-5-6-12-19(18)26-21-14-8-7-13-20(21)25(4)23(26)22-17(3)10-9-15-24-22;1-15-11-8-14-23-20(15)22-24(4)18-12-5-6-13-19(18)25(22)21-16(2)9-7-10-17(21)3;1-15-9-4-5-11-17(15)24-19-13-7-6-12-18(19)23(3)21(24)20-16(2)10-8-14-22-20/h11-26H,1-10H3;7-18H,1-6H3;5-16H,1-4H3;5-14H,1-4H3;4-14H,1-3H3/q5*+1. The highest BCUT2D eigenvalue weighted by molar-refractivity contribution is 5.86. The lowest BCUT2D eigenvalue weighted by atomic mass is 9.86. The third kappa shape index (κ3) is 19.3. The van der Waals surface area contributed by atoms with E-state index in [-0.39, 0.29) is 0 Å². The van der Waals surface area contributed by atoms with Crippen LogP contribution in [0.25, 0.3) is 152 Å². The van der Waals surface area contributed by atoms with Gasteiger partial charge in [-0.3, -0.25) is 4.98 Å². The summed E-state index contributed by atoms with van der Waals surface area (Å²) in [5.74, 6) is 8.53. The maximum atomic E-state index is 5.21. The number of aromatic nitrogens is 15. The van der Waals surface area contributed by atoms with Crippen molar-refractivity contribution in [3.8, 4) is 97.2 Å². The van der Waals surface area contributed by atoms with Crippen LogP contribution >= 0.6 is 0 Å². The van der Waals surface area contributed by atoms with Gasteiger partial charge in [0.15, 0.2) is 77.9 Å². The number of fused-ring (bicyclic) bond motifs is 5. The summed E-state index contributed by atoms with van der Waals surface area (Å²) in [4.78, 5) is 24.1. The zero-order valence-corrected chi connectivity index (χ0v) is 89.9. The van der Waals surface area contributed by atoms with E-state index in [2.05, 4.69) is 517 Å². The average Bonchev–Trinajstić information content (AvgIpc) is 1.60. The number of nitrogens with zero attached hydrogens (tertiary/aromatic N) is 15. The van der Waals surface area contributed by atoms with Crippen molar-refractivity contribution in [3.05, 3.63) is 412 Å². The quantitative estimate of drug-likeness (QED) is 0.0795. The molecule has 0 aliphatic heterocycles. The highest BCUT2D eigenvalue weighted by Gasteiger charge is 2.38. The molecule has 0 fully saturated rings. The average molecular weight is 1910 g/mol. The van der Waals surface area contributed by atoms with Crippen LogP contribution in [-0.4, -0.2) is 47.8 Å². The first-order valence-electron chi connectivity index (χ1n) is 51.5. The molecule has 21 rings (SSSR count). The van der Waals surface area contributed by atoms with E-state index in [1.165, 1.54) is 178 Å². The van der Waals surface area contributed by atoms with Gasteiger partial charge in [0.25, 0.3) is 5.82 Å². The van der Waals surface area contributed by atoms with Gasteiger partial charge in [-0.15, -0.1) is 0 Å². The number of imidazole rings is 5. The van der Waals surface area contributed by atoms with Gasteiger partial charge in [-0.25, -0.2) is 42.8 Å². The monoisotopic (exact) mass is 1910 g/mol. The van der Waals surface area contributed by atoms with Gasteiger partial charge in [-0.05, 0) is 256 Å². The SMILES string of the molecule is Cc1cc(-c2c(C(C)C)cccc2C(C)C)ncc1-c1n(-c2c(C(C)C)cccc2C(C)C)c2ccccc2[n+]1C.Cc1ccccc1-n1c(-c2ncccc2C)[n+](C)c2ccccc21.Cc1cccnc1-c1n(-c2c(C(C)C)cccc2C(C)C)c2ccccc2[n+]1C.Cc1cccnc1-c1n(-c2c(C)cccc2C)c2ccccc2[n+]1C.Cc1cccnc1-c1n(-c2ccccc2C(C)C)c2ccccc2[n+]1C. The van der Waals surface area contributed by atoms with Gasteiger partial charge >= 0.3 is 23.3 Å². The van der Waals surface area contributed by atoms with E-state index in [9.17, 15) is 0 Å². The highest BCUT2D eigenvalue weighted by Crippen LogP contribution is 2.44. The van der Waals surface area contributed by atoms with Crippen LogP contribution in [0.5, 0.6) is 0 Å². The van der Waals surface area contributed by atoms with Crippen molar-refractivity contribution < 1.29 is 22.8 Å². The zero-order valence-electron chi connectivity index (χ0n) is 89.9. The van der Waals surface area contributed by atoms with Gasteiger partial charge in [0.2, 0.25) is 0 Å².